The van der Waals surface area contributed by atoms with Gasteiger partial charge in [0.1, 0.15) is 5.75 Å². The number of rotatable bonds is 5. The highest BCUT2D eigenvalue weighted by molar-refractivity contribution is 6.35. The van der Waals surface area contributed by atoms with Crippen LogP contribution in [0.3, 0.4) is 0 Å². The van der Waals surface area contributed by atoms with Crippen LogP contribution in [0.1, 0.15) is 20.7 Å². The van der Waals surface area contributed by atoms with E-state index in [4.69, 9.17) is 27.9 Å². The van der Waals surface area contributed by atoms with Crippen LogP contribution in [0.5, 0.6) is 5.75 Å². The Morgan fingerprint density at radius 3 is 2.21 bits per heavy atom. The van der Waals surface area contributed by atoms with Gasteiger partial charge in [0.2, 0.25) is 0 Å². The second kappa shape index (κ2) is 9.08. The lowest BCUT2D eigenvalue weighted by molar-refractivity contribution is -0.134. The molecule has 1 fully saturated rings. The number of halogens is 2. The molecule has 0 atom stereocenters. The van der Waals surface area contributed by atoms with Gasteiger partial charge in [-0.1, -0.05) is 35.3 Å². The first-order chi connectivity index (χ1) is 13.5. The molecule has 146 valence electrons. The second-order valence-corrected chi connectivity index (χ2v) is 7.15. The summed E-state index contributed by atoms with van der Waals surface area (Å²) in [6, 6.07) is 11.4. The van der Waals surface area contributed by atoms with Crippen molar-refractivity contribution in [1.82, 2.24) is 9.80 Å². The molecule has 1 heterocycles. The molecule has 8 heteroatoms. The third-order valence-corrected chi connectivity index (χ3v) is 4.86. The molecule has 2 aromatic carbocycles. The van der Waals surface area contributed by atoms with Crippen LogP contribution >= 0.6 is 23.2 Å². The largest absolute Gasteiger partial charge is 0.483 e. The molecule has 0 spiro atoms. The molecule has 3 rings (SSSR count). The zero-order chi connectivity index (χ0) is 20.1. The van der Waals surface area contributed by atoms with Crippen molar-refractivity contribution in [3.63, 3.8) is 0 Å². The van der Waals surface area contributed by atoms with E-state index in [0.717, 1.165) is 0 Å². The molecular formula is C20H18Cl2N2O4. The quantitative estimate of drug-likeness (QED) is 0.696. The molecule has 0 bridgehead atoms. The van der Waals surface area contributed by atoms with E-state index in [9.17, 15) is 14.4 Å². The first-order valence-electron chi connectivity index (χ1n) is 8.68. The summed E-state index contributed by atoms with van der Waals surface area (Å²) in [5.41, 5.74) is 0.817. The second-order valence-electron chi connectivity index (χ2n) is 6.28. The van der Waals surface area contributed by atoms with Crippen molar-refractivity contribution < 1.29 is 19.1 Å². The first kappa shape index (κ1) is 20.2. The van der Waals surface area contributed by atoms with Gasteiger partial charge in [-0.2, -0.15) is 0 Å². The lowest BCUT2D eigenvalue weighted by Gasteiger charge is -2.34. The number of amides is 2. The summed E-state index contributed by atoms with van der Waals surface area (Å²) in [6.45, 7) is 1.44. The van der Waals surface area contributed by atoms with Gasteiger partial charge in [0.05, 0.1) is 5.56 Å². The van der Waals surface area contributed by atoms with Gasteiger partial charge in [-0.05, 0) is 30.3 Å². The van der Waals surface area contributed by atoms with Gasteiger partial charge in [-0.3, -0.25) is 14.4 Å². The highest BCUT2D eigenvalue weighted by Crippen LogP contribution is 2.21. The Bertz CT molecular complexity index is 875. The first-order valence-corrected chi connectivity index (χ1v) is 9.43. The van der Waals surface area contributed by atoms with Gasteiger partial charge in [0.25, 0.3) is 11.8 Å². The molecular weight excluding hydrogens is 403 g/mol. The molecule has 0 aromatic heterocycles. The Labute approximate surface area is 172 Å². The van der Waals surface area contributed by atoms with Gasteiger partial charge >= 0.3 is 0 Å². The van der Waals surface area contributed by atoms with E-state index in [2.05, 4.69) is 0 Å². The number of carbonyl (C=O) groups excluding carboxylic acids is 3. The van der Waals surface area contributed by atoms with Gasteiger partial charge in [0.15, 0.2) is 12.9 Å². The van der Waals surface area contributed by atoms with Crippen molar-refractivity contribution in [2.75, 3.05) is 32.8 Å². The predicted molar refractivity (Wildman–Crippen MR) is 106 cm³/mol. The van der Waals surface area contributed by atoms with Crippen molar-refractivity contribution in [2.45, 2.75) is 0 Å². The fourth-order valence-electron chi connectivity index (χ4n) is 2.96. The molecule has 1 aliphatic rings. The van der Waals surface area contributed by atoms with E-state index in [-0.39, 0.29) is 18.4 Å². The van der Waals surface area contributed by atoms with Gasteiger partial charge in [-0.25, -0.2) is 0 Å². The standard InChI is InChI=1S/C20H18Cl2N2O4/c21-16-9-15(10-17(22)11-16)20(27)24-7-5-23(6-8-24)19(26)13-28-18-4-2-1-3-14(18)12-25/h1-4,9-12H,5-8,13H2. The molecule has 0 unspecified atom stereocenters. The SMILES string of the molecule is O=Cc1ccccc1OCC(=O)N1CCN(C(=O)c2cc(Cl)cc(Cl)c2)CC1. The molecule has 1 saturated heterocycles. The minimum absolute atomic E-state index is 0.164. The maximum absolute atomic E-state index is 12.6. The molecule has 2 amide bonds. The lowest BCUT2D eigenvalue weighted by atomic mass is 10.2. The van der Waals surface area contributed by atoms with Crippen LogP contribution < -0.4 is 4.74 Å². The van der Waals surface area contributed by atoms with E-state index in [0.29, 0.717) is 59.4 Å². The number of hydrogen-bond acceptors (Lipinski definition) is 4. The molecule has 1 aliphatic heterocycles. The van der Waals surface area contributed by atoms with Gasteiger partial charge in [-0.15, -0.1) is 0 Å². The average molecular weight is 421 g/mol. The zero-order valence-electron chi connectivity index (χ0n) is 14.9. The maximum Gasteiger partial charge on any atom is 0.260 e. The third kappa shape index (κ3) is 4.82. The van der Waals surface area contributed by atoms with Crippen LogP contribution in [0.2, 0.25) is 10.0 Å². The van der Waals surface area contributed by atoms with E-state index < -0.39 is 0 Å². The Kier molecular flexibility index (Phi) is 6.54. The average Bonchev–Trinajstić information content (AvgIpc) is 2.71. The number of nitrogens with zero attached hydrogens (tertiary/aromatic N) is 2. The lowest BCUT2D eigenvalue weighted by Crippen LogP contribution is -2.51. The van der Waals surface area contributed by atoms with Crippen molar-refractivity contribution in [3.8, 4) is 5.75 Å². The zero-order valence-corrected chi connectivity index (χ0v) is 16.4. The number of benzene rings is 2. The summed E-state index contributed by atoms with van der Waals surface area (Å²) in [6.07, 6.45) is 0.687. The van der Waals surface area contributed by atoms with E-state index >= 15 is 0 Å². The van der Waals surface area contributed by atoms with Crippen molar-refractivity contribution >= 4 is 41.3 Å². The smallest absolute Gasteiger partial charge is 0.260 e. The molecule has 2 aromatic rings. The highest BCUT2D eigenvalue weighted by atomic mass is 35.5. The number of aldehydes is 1. The van der Waals surface area contributed by atoms with Crippen LogP contribution in [-0.4, -0.2) is 60.7 Å². The number of piperazine rings is 1. The summed E-state index contributed by atoms with van der Waals surface area (Å²) in [5, 5.41) is 0.801. The number of hydrogen-bond donors (Lipinski definition) is 0. The Balaban J connectivity index is 1.53. The summed E-state index contributed by atoms with van der Waals surface area (Å²) < 4.78 is 5.48. The molecule has 0 saturated carbocycles. The van der Waals surface area contributed by atoms with Crippen LogP contribution in [0.25, 0.3) is 0 Å². The number of para-hydroxylation sites is 1. The highest BCUT2D eigenvalue weighted by Gasteiger charge is 2.25. The van der Waals surface area contributed by atoms with Crippen molar-refractivity contribution in [2.24, 2.45) is 0 Å². The number of ether oxygens (including phenoxy) is 1. The Hall–Kier alpha value is -2.57. The third-order valence-electron chi connectivity index (χ3n) is 4.43. The fraction of sp³-hybridized carbons (Fsp3) is 0.250. The van der Waals surface area contributed by atoms with Crippen molar-refractivity contribution in [3.05, 3.63) is 63.6 Å². The molecule has 0 radical (unpaired) electrons. The maximum atomic E-state index is 12.6. The van der Waals surface area contributed by atoms with E-state index in [1.165, 1.54) is 0 Å². The molecule has 0 aliphatic carbocycles. The van der Waals surface area contributed by atoms with Crippen LogP contribution in [0.15, 0.2) is 42.5 Å². The Morgan fingerprint density at radius 1 is 0.964 bits per heavy atom. The van der Waals surface area contributed by atoms with Crippen LogP contribution in [-0.2, 0) is 4.79 Å². The van der Waals surface area contributed by atoms with E-state index in [1.54, 1.807) is 52.3 Å². The fourth-order valence-corrected chi connectivity index (χ4v) is 3.48. The monoisotopic (exact) mass is 420 g/mol. The Morgan fingerprint density at radius 2 is 1.57 bits per heavy atom. The molecule has 28 heavy (non-hydrogen) atoms. The minimum Gasteiger partial charge on any atom is -0.483 e. The topological polar surface area (TPSA) is 66.9 Å². The predicted octanol–water partition coefficient (Wildman–Crippen LogP) is 3.17. The summed E-state index contributed by atoms with van der Waals surface area (Å²) in [7, 11) is 0. The van der Waals surface area contributed by atoms with E-state index in [1.807, 2.05) is 0 Å². The normalized spacial score (nSPS) is 13.9. The number of carbonyl (C=O) groups is 3. The van der Waals surface area contributed by atoms with Crippen LogP contribution in [0.4, 0.5) is 0 Å². The summed E-state index contributed by atoms with van der Waals surface area (Å²) >= 11 is 11.9. The van der Waals surface area contributed by atoms with Gasteiger partial charge < -0.3 is 14.5 Å². The van der Waals surface area contributed by atoms with Crippen LogP contribution in [0, 0.1) is 0 Å². The molecule has 0 N–H and O–H groups in total. The summed E-state index contributed by atoms with van der Waals surface area (Å²) in [5.74, 6) is 0.00348. The van der Waals surface area contributed by atoms with Gasteiger partial charge in [0, 0.05) is 41.8 Å². The summed E-state index contributed by atoms with van der Waals surface area (Å²) in [4.78, 5) is 39.3. The molecule has 6 nitrogen and oxygen atoms in total. The van der Waals surface area contributed by atoms with Crippen molar-refractivity contribution in [1.29, 1.82) is 0 Å². The minimum atomic E-state index is -0.196.